The lowest BCUT2D eigenvalue weighted by atomic mass is 10.0. The summed E-state index contributed by atoms with van der Waals surface area (Å²) in [6, 6.07) is 4.10. The van der Waals surface area contributed by atoms with Gasteiger partial charge < -0.3 is 24.7 Å². The van der Waals surface area contributed by atoms with Crippen LogP contribution in [0, 0.1) is 0 Å². The molecule has 150 valence electrons. The van der Waals surface area contributed by atoms with Gasteiger partial charge in [0.2, 0.25) is 0 Å². The van der Waals surface area contributed by atoms with E-state index in [9.17, 15) is 9.90 Å². The molecular formula is C19H30N4O4. The van der Waals surface area contributed by atoms with Gasteiger partial charge in [-0.2, -0.15) is 0 Å². The maximum Gasteiger partial charge on any atom is 0.255 e. The van der Waals surface area contributed by atoms with Crippen LogP contribution in [-0.4, -0.2) is 103 Å². The highest BCUT2D eigenvalue weighted by molar-refractivity contribution is 5.94. The molecule has 2 saturated heterocycles. The van der Waals surface area contributed by atoms with Gasteiger partial charge in [-0.05, 0) is 25.0 Å². The van der Waals surface area contributed by atoms with Crippen LogP contribution in [0.2, 0.25) is 0 Å². The number of likely N-dealkylation sites (tertiary alicyclic amines) is 1. The SMILES string of the molecule is CN(C[C@@H](O)CO)c1ccc(C(=O)N2CCC(N3CCOCC3)CC2)cn1. The maximum atomic E-state index is 12.8. The van der Waals surface area contributed by atoms with Crippen molar-refractivity contribution >= 4 is 11.7 Å². The molecule has 0 unspecified atom stereocenters. The van der Waals surface area contributed by atoms with Crippen molar-refractivity contribution in [1.29, 1.82) is 0 Å². The van der Waals surface area contributed by atoms with Gasteiger partial charge in [0.05, 0.1) is 31.5 Å². The van der Waals surface area contributed by atoms with E-state index in [-0.39, 0.29) is 19.1 Å². The summed E-state index contributed by atoms with van der Waals surface area (Å²) in [6.07, 6.45) is 2.77. The molecule has 0 bridgehead atoms. The topological polar surface area (TPSA) is 89.4 Å². The molecule has 1 aromatic heterocycles. The van der Waals surface area contributed by atoms with Gasteiger partial charge in [-0.15, -0.1) is 0 Å². The molecule has 1 aromatic rings. The first-order chi connectivity index (χ1) is 13.1. The fourth-order valence-electron chi connectivity index (χ4n) is 3.77. The minimum atomic E-state index is -0.814. The number of hydrogen-bond acceptors (Lipinski definition) is 7. The summed E-state index contributed by atoms with van der Waals surface area (Å²) in [5, 5.41) is 18.5. The van der Waals surface area contributed by atoms with Crippen LogP contribution in [0.1, 0.15) is 23.2 Å². The molecular weight excluding hydrogens is 348 g/mol. The standard InChI is InChI=1S/C19H30N4O4/c1-21(13-17(25)14-24)18-3-2-15(12-20-18)19(26)23-6-4-16(5-7-23)22-8-10-27-11-9-22/h2-3,12,16-17,24-25H,4-11,13-14H2,1H3/t17-/m1/s1. The minimum absolute atomic E-state index is 0.0209. The van der Waals surface area contributed by atoms with Crippen molar-refractivity contribution in [3.05, 3.63) is 23.9 Å². The molecule has 1 atom stereocenters. The van der Waals surface area contributed by atoms with E-state index < -0.39 is 6.10 Å². The molecule has 2 aliphatic rings. The second kappa shape index (κ2) is 9.45. The van der Waals surface area contributed by atoms with E-state index >= 15 is 0 Å². The Morgan fingerprint density at radius 3 is 2.59 bits per heavy atom. The molecule has 0 saturated carbocycles. The number of aliphatic hydroxyl groups excluding tert-OH is 2. The highest BCUT2D eigenvalue weighted by atomic mass is 16.5. The van der Waals surface area contributed by atoms with E-state index in [4.69, 9.17) is 9.84 Å². The Morgan fingerprint density at radius 2 is 2.00 bits per heavy atom. The van der Waals surface area contributed by atoms with Gasteiger partial charge in [-0.25, -0.2) is 4.98 Å². The number of piperidine rings is 1. The van der Waals surface area contributed by atoms with Crippen LogP contribution in [0.15, 0.2) is 18.3 Å². The number of amides is 1. The molecule has 0 aromatic carbocycles. The van der Waals surface area contributed by atoms with Crippen LogP contribution in [0.3, 0.4) is 0 Å². The van der Waals surface area contributed by atoms with E-state index in [0.29, 0.717) is 17.4 Å². The van der Waals surface area contributed by atoms with Crippen molar-refractivity contribution in [3.8, 4) is 0 Å². The number of aromatic nitrogens is 1. The second-order valence-electron chi connectivity index (χ2n) is 7.29. The van der Waals surface area contributed by atoms with Crippen LogP contribution >= 0.6 is 0 Å². The third-order valence-electron chi connectivity index (χ3n) is 5.40. The summed E-state index contributed by atoms with van der Waals surface area (Å²) >= 11 is 0. The lowest BCUT2D eigenvalue weighted by Gasteiger charge is -2.40. The van der Waals surface area contributed by atoms with Gasteiger partial charge in [-0.1, -0.05) is 0 Å². The summed E-state index contributed by atoms with van der Waals surface area (Å²) in [5.74, 6) is 0.678. The first kappa shape index (κ1) is 20.0. The van der Waals surface area contributed by atoms with Crippen LogP contribution in [-0.2, 0) is 4.74 Å². The Morgan fingerprint density at radius 1 is 1.30 bits per heavy atom. The molecule has 0 spiro atoms. The molecule has 2 fully saturated rings. The number of carbonyl (C=O) groups excluding carboxylic acids is 1. The highest BCUT2D eigenvalue weighted by Crippen LogP contribution is 2.20. The van der Waals surface area contributed by atoms with Crippen molar-refractivity contribution in [2.24, 2.45) is 0 Å². The molecule has 1 amide bonds. The zero-order valence-corrected chi connectivity index (χ0v) is 16.0. The third kappa shape index (κ3) is 5.16. The van der Waals surface area contributed by atoms with Gasteiger partial charge in [0.25, 0.3) is 5.91 Å². The van der Waals surface area contributed by atoms with Crippen molar-refractivity contribution in [3.63, 3.8) is 0 Å². The average molecular weight is 378 g/mol. The monoisotopic (exact) mass is 378 g/mol. The number of aliphatic hydroxyl groups is 2. The summed E-state index contributed by atoms with van der Waals surface area (Å²) < 4.78 is 5.42. The van der Waals surface area contributed by atoms with E-state index in [0.717, 1.165) is 52.2 Å². The first-order valence-corrected chi connectivity index (χ1v) is 9.65. The Labute approximate surface area is 160 Å². The quantitative estimate of drug-likeness (QED) is 0.709. The summed E-state index contributed by atoms with van der Waals surface area (Å²) in [6.45, 7) is 5.12. The third-order valence-corrected chi connectivity index (χ3v) is 5.40. The van der Waals surface area contributed by atoms with Gasteiger partial charge in [-0.3, -0.25) is 9.69 Å². The van der Waals surface area contributed by atoms with E-state index in [2.05, 4.69) is 9.88 Å². The molecule has 3 rings (SSSR count). The lowest BCUT2D eigenvalue weighted by molar-refractivity contribution is 0.00158. The molecule has 8 nitrogen and oxygen atoms in total. The predicted molar refractivity (Wildman–Crippen MR) is 102 cm³/mol. The number of morpholine rings is 1. The van der Waals surface area contributed by atoms with Crippen LogP contribution in [0.25, 0.3) is 0 Å². The highest BCUT2D eigenvalue weighted by Gasteiger charge is 2.28. The average Bonchev–Trinajstić information content (AvgIpc) is 2.74. The molecule has 27 heavy (non-hydrogen) atoms. The van der Waals surface area contributed by atoms with Gasteiger partial charge >= 0.3 is 0 Å². The van der Waals surface area contributed by atoms with Crippen LogP contribution in [0.4, 0.5) is 5.82 Å². The number of carbonyl (C=O) groups is 1. The molecule has 8 heteroatoms. The Balaban J connectivity index is 1.52. The number of likely N-dealkylation sites (N-methyl/N-ethyl adjacent to an activating group) is 1. The summed E-state index contributed by atoms with van der Waals surface area (Å²) in [4.78, 5) is 23.2. The zero-order chi connectivity index (χ0) is 19.2. The molecule has 0 radical (unpaired) electrons. The second-order valence-corrected chi connectivity index (χ2v) is 7.29. The molecule has 0 aliphatic carbocycles. The number of ether oxygens (including phenoxy) is 1. The largest absolute Gasteiger partial charge is 0.394 e. The van der Waals surface area contributed by atoms with Gasteiger partial charge in [0.1, 0.15) is 5.82 Å². The molecule has 2 N–H and O–H groups in total. The van der Waals surface area contributed by atoms with Gasteiger partial charge in [0.15, 0.2) is 0 Å². The van der Waals surface area contributed by atoms with E-state index in [1.807, 2.05) is 4.90 Å². The van der Waals surface area contributed by atoms with Crippen molar-refractivity contribution in [2.45, 2.75) is 25.0 Å². The Bertz CT molecular complexity index is 598. The number of nitrogens with zero attached hydrogens (tertiary/aromatic N) is 4. The molecule has 3 heterocycles. The fourth-order valence-corrected chi connectivity index (χ4v) is 3.77. The van der Waals surface area contributed by atoms with Gasteiger partial charge in [0, 0.05) is 52.0 Å². The smallest absolute Gasteiger partial charge is 0.255 e. The maximum absolute atomic E-state index is 12.8. The summed E-state index contributed by atoms with van der Waals surface area (Å²) in [7, 11) is 1.79. The first-order valence-electron chi connectivity index (χ1n) is 9.65. The van der Waals surface area contributed by atoms with Crippen molar-refractivity contribution < 1.29 is 19.7 Å². The summed E-state index contributed by atoms with van der Waals surface area (Å²) in [5.41, 5.74) is 0.583. The van der Waals surface area contributed by atoms with Crippen molar-refractivity contribution in [2.75, 3.05) is 64.5 Å². The number of hydrogen-bond donors (Lipinski definition) is 2. The normalized spacial score (nSPS) is 20.5. The van der Waals surface area contributed by atoms with Crippen molar-refractivity contribution in [1.82, 2.24) is 14.8 Å². The number of anilines is 1. The van der Waals surface area contributed by atoms with E-state index in [1.54, 1.807) is 30.3 Å². The Kier molecular flexibility index (Phi) is 7.01. The van der Waals surface area contributed by atoms with Crippen LogP contribution < -0.4 is 4.90 Å². The Hall–Kier alpha value is -1.74. The zero-order valence-electron chi connectivity index (χ0n) is 16.0. The van der Waals surface area contributed by atoms with Crippen LogP contribution in [0.5, 0.6) is 0 Å². The fraction of sp³-hybridized carbons (Fsp3) is 0.684. The number of pyridine rings is 1. The number of rotatable bonds is 6. The predicted octanol–water partition coefficient (Wildman–Crippen LogP) is -0.192. The van der Waals surface area contributed by atoms with E-state index in [1.165, 1.54) is 0 Å². The lowest BCUT2D eigenvalue weighted by Crippen LogP contribution is -2.50. The minimum Gasteiger partial charge on any atom is -0.394 e. The molecule has 2 aliphatic heterocycles.